The van der Waals surface area contributed by atoms with Crippen molar-refractivity contribution in [3.63, 3.8) is 0 Å². The Balaban J connectivity index is 2.03. The summed E-state index contributed by atoms with van der Waals surface area (Å²) in [5, 5.41) is 0. The number of ether oxygens (including phenoxy) is 1. The third-order valence-corrected chi connectivity index (χ3v) is 3.49. The van der Waals surface area contributed by atoms with Crippen LogP contribution >= 0.6 is 0 Å². The van der Waals surface area contributed by atoms with Crippen molar-refractivity contribution in [3.8, 4) is 0 Å². The van der Waals surface area contributed by atoms with Gasteiger partial charge < -0.3 is 9.64 Å². The van der Waals surface area contributed by atoms with Crippen LogP contribution in [0.2, 0.25) is 0 Å². The van der Waals surface area contributed by atoms with Gasteiger partial charge in [-0.1, -0.05) is 12.2 Å². The van der Waals surface area contributed by atoms with Crippen LogP contribution in [0.15, 0.2) is 12.2 Å². The highest BCUT2D eigenvalue weighted by molar-refractivity contribution is 5.68. The molecular weight excluding hydrogens is 190 g/mol. The molecule has 0 radical (unpaired) electrons. The molecule has 84 valence electrons. The van der Waals surface area contributed by atoms with Gasteiger partial charge in [-0.2, -0.15) is 0 Å². The summed E-state index contributed by atoms with van der Waals surface area (Å²) in [6.07, 6.45) is 10.3. The molecule has 15 heavy (non-hydrogen) atoms. The van der Waals surface area contributed by atoms with Gasteiger partial charge in [-0.25, -0.2) is 4.79 Å². The number of nitrogens with zero attached hydrogens (tertiary/aromatic N) is 1. The smallest absolute Gasteiger partial charge is 0.409 e. The van der Waals surface area contributed by atoms with Crippen LogP contribution in [0, 0.1) is 5.92 Å². The van der Waals surface area contributed by atoms with Crippen LogP contribution in [0.4, 0.5) is 4.79 Å². The van der Waals surface area contributed by atoms with E-state index in [1.807, 2.05) is 4.90 Å². The SMILES string of the molecule is COC(=O)N1CCCC1C1C=CCCC1. The second-order valence-corrected chi connectivity index (χ2v) is 4.40. The molecule has 3 heteroatoms. The summed E-state index contributed by atoms with van der Waals surface area (Å²) in [7, 11) is 1.47. The van der Waals surface area contributed by atoms with Crippen molar-refractivity contribution in [2.45, 2.75) is 38.1 Å². The third-order valence-electron chi connectivity index (χ3n) is 3.49. The average Bonchev–Trinajstić information content (AvgIpc) is 2.78. The van der Waals surface area contributed by atoms with Crippen LogP contribution in [0.5, 0.6) is 0 Å². The predicted molar refractivity (Wildman–Crippen MR) is 58.6 cm³/mol. The maximum atomic E-state index is 11.5. The van der Waals surface area contributed by atoms with Crippen molar-refractivity contribution in [2.24, 2.45) is 5.92 Å². The zero-order valence-electron chi connectivity index (χ0n) is 9.32. The molecular formula is C12H19NO2. The van der Waals surface area contributed by atoms with E-state index in [4.69, 9.17) is 4.74 Å². The van der Waals surface area contributed by atoms with E-state index in [1.165, 1.54) is 26.4 Å². The number of likely N-dealkylation sites (tertiary alicyclic amines) is 1. The first kappa shape index (κ1) is 10.5. The van der Waals surface area contributed by atoms with E-state index in [0.717, 1.165) is 19.4 Å². The number of hydrogen-bond donors (Lipinski definition) is 0. The number of amides is 1. The molecule has 1 fully saturated rings. The molecule has 1 amide bonds. The quantitative estimate of drug-likeness (QED) is 0.621. The Kier molecular flexibility index (Phi) is 3.29. The molecule has 0 saturated carbocycles. The lowest BCUT2D eigenvalue weighted by Gasteiger charge is -2.30. The fraction of sp³-hybridized carbons (Fsp3) is 0.750. The second-order valence-electron chi connectivity index (χ2n) is 4.40. The number of carbonyl (C=O) groups excluding carboxylic acids is 1. The van der Waals surface area contributed by atoms with Gasteiger partial charge >= 0.3 is 6.09 Å². The first-order valence-corrected chi connectivity index (χ1v) is 5.84. The average molecular weight is 209 g/mol. The first-order valence-electron chi connectivity index (χ1n) is 5.84. The Morgan fingerprint density at radius 3 is 2.93 bits per heavy atom. The highest BCUT2D eigenvalue weighted by atomic mass is 16.5. The van der Waals surface area contributed by atoms with Gasteiger partial charge in [-0.15, -0.1) is 0 Å². The fourth-order valence-electron chi connectivity index (χ4n) is 2.74. The summed E-state index contributed by atoms with van der Waals surface area (Å²) in [6.45, 7) is 0.863. The second kappa shape index (κ2) is 4.69. The number of rotatable bonds is 1. The Morgan fingerprint density at radius 1 is 1.40 bits per heavy atom. The number of methoxy groups -OCH3 is 1. The first-order chi connectivity index (χ1) is 7.33. The molecule has 1 saturated heterocycles. The summed E-state index contributed by atoms with van der Waals surface area (Å²) in [5.41, 5.74) is 0. The third kappa shape index (κ3) is 2.16. The van der Waals surface area contributed by atoms with Crippen LogP contribution in [0.1, 0.15) is 32.1 Å². The maximum Gasteiger partial charge on any atom is 0.409 e. The van der Waals surface area contributed by atoms with Crippen LogP contribution < -0.4 is 0 Å². The predicted octanol–water partition coefficient (Wildman–Crippen LogP) is 2.57. The number of allylic oxidation sites excluding steroid dienone is 1. The highest BCUT2D eigenvalue weighted by Gasteiger charge is 2.34. The Bertz CT molecular complexity index is 262. The standard InChI is InChI=1S/C12H19NO2/c1-15-12(14)13-9-5-8-11(13)10-6-3-2-4-7-10/h3,6,10-11H,2,4-5,7-9H2,1H3. The van der Waals surface area contributed by atoms with Gasteiger partial charge in [0, 0.05) is 12.6 Å². The summed E-state index contributed by atoms with van der Waals surface area (Å²) < 4.78 is 4.82. The van der Waals surface area contributed by atoms with Crippen molar-refractivity contribution >= 4 is 6.09 Å². The van der Waals surface area contributed by atoms with Gasteiger partial charge in [0.05, 0.1) is 7.11 Å². The van der Waals surface area contributed by atoms with Gasteiger partial charge in [-0.3, -0.25) is 0 Å². The van der Waals surface area contributed by atoms with Gasteiger partial charge in [0.15, 0.2) is 0 Å². The molecule has 2 unspecified atom stereocenters. The molecule has 1 aliphatic carbocycles. The Labute approximate surface area is 91.1 Å². The van der Waals surface area contributed by atoms with Crippen LogP contribution in [0.3, 0.4) is 0 Å². The van der Waals surface area contributed by atoms with E-state index in [9.17, 15) is 4.79 Å². The lowest BCUT2D eigenvalue weighted by Crippen LogP contribution is -2.39. The molecule has 0 aromatic rings. The molecule has 2 rings (SSSR count). The van der Waals surface area contributed by atoms with Gasteiger partial charge in [0.1, 0.15) is 0 Å². The van der Waals surface area contributed by atoms with Crippen LogP contribution in [-0.4, -0.2) is 30.7 Å². The molecule has 0 aromatic heterocycles. The normalized spacial score (nSPS) is 30.6. The van der Waals surface area contributed by atoms with E-state index in [2.05, 4.69) is 12.2 Å². The van der Waals surface area contributed by atoms with Crippen molar-refractivity contribution in [1.82, 2.24) is 4.90 Å². The lowest BCUT2D eigenvalue weighted by atomic mass is 9.88. The monoisotopic (exact) mass is 209 g/mol. The largest absolute Gasteiger partial charge is 0.453 e. The molecule has 0 N–H and O–H groups in total. The molecule has 1 heterocycles. The number of hydrogen-bond acceptors (Lipinski definition) is 2. The summed E-state index contributed by atoms with van der Waals surface area (Å²) in [6, 6.07) is 0.383. The van der Waals surface area contributed by atoms with E-state index >= 15 is 0 Å². The van der Waals surface area contributed by atoms with E-state index in [0.29, 0.717) is 12.0 Å². The Morgan fingerprint density at radius 2 is 2.27 bits per heavy atom. The zero-order valence-corrected chi connectivity index (χ0v) is 9.32. The Hall–Kier alpha value is -0.990. The lowest BCUT2D eigenvalue weighted by molar-refractivity contribution is 0.109. The van der Waals surface area contributed by atoms with Crippen LogP contribution in [-0.2, 0) is 4.74 Å². The van der Waals surface area contributed by atoms with Crippen LogP contribution in [0.25, 0.3) is 0 Å². The summed E-state index contributed by atoms with van der Waals surface area (Å²) in [5.74, 6) is 0.556. The van der Waals surface area contributed by atoms with Gasteiger partial charge in [-0.05, 0) is 38.0 Å². The summed E-state index contributed by atoms with van der Waals surface area (Å²) >= 11 is 0. The minimum Gasteiger partial charge on any atom is -0.453 e. The van der Waals surface area contributed by atoms with Crippen molar-refractivity contribution < 1.29 is 9.53 Å². The fourth-order valence-corrected chi connectivity index (χ4v) is 2.74. The molecule has 1 aliphatic heterocycles. The molecule has 2 atom stereocenters. The van der Waals surface area contributed by atoms with E-state index in [-0.39, 0.29) is 6.09 Å². The topological polar surface area (TPSA) is 29.5 Å². The molecule has 0 bridgehead atoms. The van der Waals surface area contributed by atoms with Crippen molar-refractivity contribution in [1.29, 1.82) is 0 Å². The van der Waals surface area contributed by atoms with Gasteiger partial charge in [0.2, 0.25) is 0 Å². The van der Waals surface area contributed by atoms with Crippen molar-refractivity contribution in [3.05, 3.63) is 12.2 Å². The zero-order chi connectivity index (χ0) is 10.7. The number of carbonyl (C=O) groups is 1. The molecule has 0 spiro atoms. The van der Waals surface area contributed by atoms with E-state index < -0.39 is 0 Å². The van der Waals surface area contributed by atoms with E-state index in [1.54, 1.807) is 0 Å². The minimum atomic E-state index is -0.156. The van der Waals surface area contributed by atoms with Crippen molar-refractivity contribution in [2.75, 3.05) is 13.7 Å². The minimum absolute atomic E-state index is 0.156. The molecule has 3 nitrogen and oxygen atoms in total. The molecule has 2 aliphatic rings. The summed E-state index contributed by atoms with van der Waals surface area (Å²) in [4.78, 5) is 13.4. The molecule has 0 aromatic carbocycles. The maximum absolute atomic E-state index is 11.5. The van der Waals surface area contributed by atoms with Gasteiger partial charge in [0.25, 0.3) is 0 Å². The highest BCUT2D eigenvalue weighted by Crippen LogP contribution is 2.31.